The molecule has 1 saturated heterocycles. The Bertz CT molecular complexity index is 693. The first-order chi connectivity index (χ1) is 12.1. The molecule has 1 aliphatic heterocycles. The molecule has 1 atom stereocenters. The van der Waals surface area contributed by atoms with Crippen molar-refractivity contribution in [2.75, 3.05) is 13.1 Å². The molecule has 0 aliphatic carbocycles. The maximum atomic E-state index is 10.9. The quantitative estimate of drug-likeness (QED) is 0.793. The molecule has 4 heteroatoms. The summed E-state index contributed by atoms with van der Waals surface area (Å²) in [5.41, 5.74) is 0.475. The number of hydrogen-bond donors (Lipinski definition) is 2. The van der Waals surface area contributed by atoms with Crippen molar-refractivity contribution in [3.63, 3.8) is 0 Å². The first-order valence-corrected chi connectivity index (χ1v) is 8.67. The normalized spacial score (nSPS) is 18.4. The number of benzene rings is 2. The summed E-state index contributed by atoms with van der Waals surface area (Å²) in [7, 11) is 0. The van der Waals surface area contributed by atoms with Gasteiger partial charge in [0, 0.05) is 19.5 Å². The molecule has 2 N–H and O–H groups in total. The van der Waals surface area contributed by atoms with E-state index in [-0.39, 0.29) is 12.0 Å². The van der Waals surface area contributed by atoms with E-state index < -0.39 is 5.60 Å². The van der Waals surface area contributed by atoms with Crippen LogP contribution in [0.3, 0.4) is 0 Å². The predicted octanol–water partition coefficient (Wildman–Crippen LogP) is 3.35. The number of hydrogen-bond acceptors (Lipinski definition) is 4. The maximum absolute atomic E-state index is 10.9. The number of aromatic hydroxyl groups is 1. The molecule has 4 nitrogen and oxygen atoms in total. The zero-order valence-corrected chi connectivity index (χ0v) is 14.3. The van der Waals surface area contributed by atoms with Crippen molar-refractivity contribution in [3.8, 4) is 11.5 Å². The van der Waals surface area contributed by atoms with Gasteiger partial charge in [-0.05, 0) is 36.6 Å². The highest BCUT2D eigenvalue weighted by atomic mass is 16.5. The van der Waals surface area contributed by atoms with Crippen LogP contribution < -0.4 is 4.74 Å². The largest absolute Gasteiger partial charge is 0.504 e. The van der Waals surface area contributed by atoms with Gasteiger partial charge in [0.1, 0.15) is 0 Å². The molecule has 0 radical (unpaired) electrons. The third kappa shape index (κ3) is 4.41. The number of aliphatic hydroxyl groups is 1. The van der Waals surface area contributed by atoms with Gasteiger partial charge >= 0.3 is 0 Å². The summed E-state index contributed by atoms with van der Waals surface area (Å²) in [6, 6.07) is 17.0. The molecular formula is C21H25NO3. The number of nitrogens with zero attached hydrogens (tertiary/aromatic N) is 1. The van der Waals surface area contributed by atoms with Gasteiger partial charge < -0.3 is 14.9 Å². The zero-order chi connectivity index (χ0) is 17.7. The highest BCUT2D eigenvalue weighted by Gasteiger charge is 2.34. The lowest BCUT2D eigenvalue weighted by atomic mass is 9.85. The summed E-state index contributed by atoms with van der Waals surface area (Å²) >= 11 is 0. The number of phenolic OH excluding ortho intramolecular Hbond substituents is 1. The van der Waals surface area contributed by atoms with Crippen LogP contribution in [0.4, 0.5) is 0 Å². The highest BCUT2D eigenvalue weighted by Crippen LogP contribution is 2.30. The fourth-order valence-electron chi connectivity index (χ4n) is 3.31. The van der Waals surface area contributed by atoms with Gasteiger partial charge in [0.05, 0.1) is 5.60 Å². The molecule has 1 unspecified atom stereocenters. The lowest BCUT2D eigenvalue weighted by Crippen LogP contribution is -2.50. The Hall–Kier alpha value is -2.30. The summed E-state index contributed by atoms with van der Waals surface area (Å²) in [6.45, 7) is 5.29. The van der Waals surface area contributed by atoms with Crippen LogP contribution in [0.25, 0.3) is 0 Å². The minimum Gasteiger partial charge on any atom is -0.504 e. The van der Waals surface area contributed by atoms with E-state index >= 15 is 0 Å². The number of rotatable bonds is 6. The monoisotopic (exact) mass is 339 g/mol. The second-order valence-corrected chi connectivity index (χ2v) is 6.63. The maximum Gasteiger partial charge on any atom is 0.171 e. The fourth-order valence-corrected chi connectivity index (χ4v) is 3.31. The molecule has 1 aliphatic rings. The Morgan fingerprint density at radius 1 is 1.08 bits per heavy atom. The van der Waals surface area contributed by atoms with Gasteiger partial charge in [-0.2, -0.15) is 0 Å². The van der Waals surface area contributed by atoms with Crippen molar-refractivity contribution in [3.05, 3.63) is 72.8 Å². The minimum atomic E-state index is -0.682. The summed E-state index contributed by atoms with van der Waals surface area (Å²) in [4.78, 5) is 2.14. The number of likely N-dealkylation sites (tertiary alicyclic amines) is 1. The van der Waals surface area contributed by atoms with Crippen molar-refractivity contribution >= 4 is 0 Å². The molecule has 0 saturated carbocycles. The SMILES string of the molecule is C=CC(Oc1ccccc1O)N1CCC(O)(Cc2ccccc2)CC1. The van der Waals surface area contributed by atoms with Gasteiger partial charge in [0.2, 0.25) is 0 Å². The lowest BCUT2D eigenvalue weighted by molar-refractivity contribution is -0.0520. The van der Waals surface area contributed by atoms with Crippen molar-refractivity contribution in [1.82, 2.24) is 4.90 Å². The topological polar surface area (TPSA) is 52.9 Å². The minimum absolute atomic E-state index is 0.118. The fraction of sp³-hybridized carbons (Fsp3) is 0.333. The van der Waals surface area contributed by atoms with E-state index in [1.165, 1.54) is 0 Å². The van der Waals surface area contributed by atoms with Crippen LogP contribution >= 0.6 is 0 Å². The number of phenols is 1. The standard InChI is InChI=1S/C21H25NO3/c1-2-20(25-19-11-7-6-10-18(19)23)22-14-12-21(24,13-15-22)16-17-8-4-3-5-9-17/h2-11,20,23-24H,1,12-16H2. The van der Waals surface area contributed by atoms with Crippen LogP contribution in [0.15, 0.2) is 67.3 Å². The van der Waals surface area contributed by atoms with Crippen LogP contribution in [0, 0.1) is 0 Å². The van der Waals surface area contributed by atoms with Crippen LogP contribution in [0.5, 0.6) is 11.5 Å². The van der Waals surface area contributed by atoms with E-state index in [0.29, 0.717) is 38.1 Å². The Morgan fingerprint density at radius 2 is 1.72 bits per heavy atom. The molecule has 0 bridgehead atoms. The molecular weight excluding hydrogens is 314 g/mol. The zero-order valence-electron chi connectivity index (χ0n) is 14.3. The Kier molecular flexibility index (Phi) is 5.41. The molecule has 0 aromatic heterocycles. The number of para-hydroxylation sites is 2. The molecule has 0 amide bonds. The van der Waals surface area contributed by atoms with E-state index in [2.05, 4.69) is 23.6 Å². The van der Waals surface area contributed by atoms with Gasteiger partial charge in [-0.3, -0.25) is 4.90 Å². The number of piperidine rings is 1. The van der Waals surface area contributed by atoms with E-state index in [1.54, 1.807) is 24.3 Å². The van der Waals surface area contributed by atoms with Crippen LogP contribution in [-0.4, -0.2) is 40.0 Å². The van der Waals surface area contributed by atoms with Gasteiger partial charge in [-0.1, -0.05) is 49.0 Å². The van der Waals surface area contributed by atoms with Crippen molar-refractivity contribution in [2.45, 2.75) is 31.1 Å². The smallest absolute Gasteiger partial charge is 0.171 e. The molecule has 1 fully saturated rings. The molecule has 1 heterocycles. The Labute approximate surface area is 149 Å². The van der Waals surface area contributed by atoms with Gasteiger partial charge in [-0.15, -0.1) is 0 Å². The van der Waals surface area contributed by atoms with E-state index in [9.17, 15) is 10.2 Å². The lowest BCUT2D eigenvalue weighted by Gasteiger charge is -2.40. The molecule has 2 aromatic rings. The van der Waals surface area contributed by atoms with Crippen LogP contribution in [0.1, 0.15) is 18.4 Å². The van der Waals surface area contributed by atoms with Gasteiger partial charge in [0.25, 0.3) is 0 Å². The van der Waals surface area contributed by atoms with Crippen molar-refractivity contribution in [2.24, 2.45) is 0 Å². The third-order valence-electron chi connectivity index (χ3n) is 4.78. The molecule has 3 rings (SSSR count). The summed E-state index contributed by atoms with van der Waals surface area (Å²) < 4.78 is 5.90. The van der Waals surface area contributed by atoms with E-state index in [1.807, 2.05) is 24.3 Å². The average Bonchev–Trinajstić information content (AvgIpc) is 2.63. The molecule has 2 aromatic carbocycles. The first kappa shape index (κ1) is 17.5. The summed E-state index contributed by atoms with van der Waals surface area (Å²) in [6.07, 6.45) is 3.43. The van der Waals surface area contributed by atoms with Crippen LogP contribution in [-0.2, 0) is 6.42 Å². The number of ether oxygens (including phenoxy) is 1. The van der Waals surface area contributed by atoms with Crippen molar-refractivity contribution < 1.29 is 14.9 Å². The third-order valence-corrected chi connectivity index (χ3v) is 4.78. The van der Waals surface area contributed by atoms with Crippen molar-refractivity contribution in [1.29, 1.82) is 0 Å². The van der Waals surface area contributed by atoms with Gasteiger partial charge in [0.15, 0.2) is 17.7 Å². The Morgan fingerprint density at radius 3 is 2.36 bits per heavy atom. The average molecular weight is 339 g/mol. The molecule has 132 valence electrons. The predicted molar refractivity (Wildman–Crippen MR) is 98.6 cm³/mol. The van der Waals surface area contributed by atoms with E-state index in [0.717, 1.165) is 5.56 Å². The van der Waals surface area contributed by atoms with E-state index in [4.69, 9.17) is 4.74 Å². The van der Waals surface area contributed by atoms with Gasteiger partial charge in [-0.25, -0.2) is 0 Å². The second-order valence-electron chi connectivity index (χ2n) is 6.63. The Balaban J connectivity index is 1.60. The highest BCUT2D eigenvalue weighted by molar-refractivity contribution is 5.38. The summed E-state index contributed by atoms with van der Waals surface area (Å²) in [5.74, 6) is 0.560. The van der Waals surface area contributed by atoms with Crippen LogP contribution in [0.2, 0.25) is 0 Å². The summed E-state index contributed by atoms with van der Waals surface area (Å²) in [5, 5.41) is 20.8. The molecule has 0 spiro atoms. The first-order valence-electron chi connectivity index (χ1n) is 8.67. The second kappa shape index (κ2) is 7.72. The molecule has 25 heavy (non-hydrogen) atoms.